The first kappa shape index (κ1) is 20.3. The molecular weight excluding hydrogens is 398 g/mol. The van der Waals surface area contributed by atoms with Gasteiger partial charge < -0.3 is 9.64 Å². The van der Waals surface area contributed by atoms with Crippen LogP contribution in [-0.4, -0.2) is 42.5 Å². The Kier molecular flexibility index (Phi) is 5.67. The number of ether oxygens (including phenoxy) is 1. The van der Waals surface area contributed by atoms with Gasteiger partial charge in [-0.05, 0) is 38.3 Å². The molecule has 30 heavy (non-hydrogen) atoms. The SMILES string of the molecule is CCN(CC)c1ccc(C2N=c3ccccc3=C3C(=O)NC(SC)=NN32)c(OC)c1. The van der Waals surface area contributed by atoms with Gasteiger partial charge in [0.25, 0.3) is 5.91 Å². The third-order valence-corrected chi connectivity index (χ3v) is 5.90. The average Bonchev–Trinajstić information content (AvgIpc) is 2.78. The number of thioether (sulfide) groups is 1. The number of rotatable bonds is 5. The van der Waals surface area contributed by atoms with Gasteiger partial charge in [0.15, 0.2) is 11.3 Å². The number of anilines is 1. The molecule has 1 unspecified atom stereocenters. The highest BCUT2D eigenvalue weighted by molar-refractivity contribution is 8.13. The molecule has 0 saturated heterocycles. The van der Waals surface area contributed by atoms with Crippen LogP contribution in [0.25, 0.3) is 5.70 Å². The van der Waals surface area contributed by atoms with Crippen molar-refractivity contribution in [2.45, 2.75) is 20.0 Å². The number of hydrazone groups is 1. The molecule has 2 heterocycles. The largest absolute Gasteiger partial charge is 0.496 e. The monoisotopic (exact) mass is 423 g/mol. The quantitative estimate of drug-likeness (QED) is 0.797. The maximum Gasteiger partial charge on any atom is 0.276 e. The number of hydrogen-bond donors (Lipinski definition) is 1. The second-order valence-corrected chi connectivity index (χ2v) is 7.67. The van der Waals surface area contributed by atoms with E-state index in [1.807, 2.05) is 42.7 Å². The predicted octanol–water partition coefficient (Wildman–Crippen LogP) is 2.05. The normalized spacial score (nSPS) is 17.4. The van der Waals surface area contributed by atoms with Gasteiger partial charge in [-0.3, -0.25) is 15.1 Å². The number of carbonyl (C=O) groups is 1. The van der Waals surface area contributed by atoms with Crippen molar-refractivity contribution in [2.24, 2.45) is 10.1 Å². The van der Waals surface area contributed by atoms with Crippen molar-refractivity contribution in [3.63, 3.8) is 0 Å². The number of amides is 1. The van der Waals surface area contributed by atoms with Crippen molar-refractivity contribution in [1.82, 2.24) is 10.3 Å². The summed E-state index contributed by atoms with van der Waals surface area (Å²) < 4.78 is 5.75. The van der Waals surface area contributed by atoms with Crippen molar-refractivity contribution in [2.75, 3.05) is 31.4 Å². The second kappa shape index (κ2) is 8.39. The molecule has 0 spiro atoms. The highest BCUT2D eigenvalue weighted by Crippen LogP contribution is 2.37. The minimum absolute atomic E-state index is 0.180. The highest BCUT2D eigenvalue weighted by atomic mass is 32.2. The molecule has 8 heteroatoms. The Bertz CT molecular complexity index is 1130. The summed E-state index contributed by atoms with van der Waals surface area (Å²) in [4.78, 5) is 20.2. The van der Waals surface area contributed by atoms with E-state index in [9.17, 15) is 4.79 Å². The molecule has 2 aromatic rings. The number of amidine groups is 1. The van der Waals surface area contributed by atoms with E-state index in [1.54, 1.807) is 12.1 Å². The third kappa shape index (κ3) is 3.41. The lowest BCUT2D eigenvalue weighted by Gasteiger charge is -2.34. The number of benzene rings is 2. The Hall–Kier alpha value is -3.00. The van der Waals surface area contributed by atoms with Gasteiger partial charge in [-0.15, -0.1) is 5.10 Å². The summed E-state index contributed by atoms with van der Waals surface area (Å²) >= 11 is 1.39. The van der Waals surface area contributed by atoms with Crippen molar-refractivity contribution in [1.29, 1.82) is 0 Å². The van der Waals surface area contributed by atoms with Crippen LogP contribution in [0.4, 0.5) is 5.69 Å². The highest BCUT2D eigenvalue weighted by Gasteiger charge is 2.35. The van der Waals surface area contributed by atoms with Crippen LogP contribution in [-0.2, 0) is 4.79 Å². The lowest BCUT2D eigenvalue weighted by molar-refractivity contribution is -0.116. The molecule has 2 aliphatic heterocycles. The average molecular weight is 424 g/mol. The Balaban J connectivity index is 1.91. The molecule has 2 aromatic carbocycles. The van der Waals surface area contributed by atoms with Crippen LogP contribution in [0.2, 0.25) is 0 Å². The summed E-state index contributed by atoms with van der Waals surface area (Å²) in [6.45, 7) is 6.07. The lowest BCUT2D eigenvalue weighted by Crippen LogP contribution is -2.50. The van der Waals surface area contributed by atoms with Crippen LogP contribution in [0.15, 0.2) is 52.6 Å². The van der Waals surface area contributed by atoms with E-state index in [0.29, 0.717) is 10.9 Å². The molecule has 0 aliphatic carbocycles. The smallest absolute Gasteiger partial charge is 0.276 e. The Morgan fingerprint density at radius 2 is 1.97 bits per heavy atom. The van der Waals surface area contributed by atoms with Crippen LogP contribution in [0.3, 0.4) is 0 Å². The molecule has 1 amide bonds. The Morgan fingerprint density at radius 3 is 2.67 bits per heavy atom. The van der Waals surface area contributed by atoms with Gasteiger partial charge >= 0.3 is 0 Å². The summed E-state index contributed by atoms with van der Waals surface area (Å²) in [7, 11) is 1.66. The van der Waals surface area contributed by atoms with Crippen LogP contribution >= 0.6 is 11.8 Å². The summed E-state index contributed by atoms with van der Waals surface area (Å²) in [6, 6.07) is 13.8. The fraction of sp³-hybridized carbons (Fsp3) is 0.318. The molecule has 0 radical (unpaired) electrons. The summed E-state index contributed by atoms with van der Waals surface area (Å²) in [5, 5.41) is 11.3. The first-order valence-corrected chi connectivity index (χ1v) is 11.2. The minimum Gasteiger partial charge on any atom is -0.496 e. The van der Waals surface area contributed by atoms with Crippen molar-refractivity contribution in [3.8, 4) is 5.75 Å². The molecule has 156 valence electrons. The zero-order valence-electron chi connectivity index (χ0n) is 17.5. The number of fused-ring (bicyclic) bond motifs is 2. The Labute approximate surface area is 180 Å². The van der Waals surface area contributed by atoms with Crippen molar-refractivity contribution in [3.05, 3.63) is 58.6 Å². The van der Waals surface area contributed by atoms with Crippen LogP contribution in [0.5, 0.6) is 5.75 Å². The Morgan fingerprint density at radius 1 is 1.20 bits per heavy atom. The van der Waals surface area contributed by atoms with Crippen molar-refractivity contribution >= 4 is 34.2 Å². The summed E-state index contributed by atoms with van der Waals surface area (Å²) in [5.41, 5.74) is 2.45. The number of nitrogens with one attached hydrogen (secondary N) is 1. The van der Waals surface area contributed by atoms with Crippen LogP contribution < -0.4 is 25.5 Å². The van der Waals surface area contributed by atoms with E-state index in [4.69, 9.17) is 9.73 Å². The molecule has 0 aromatic heterocycles. The number of nitrogens with zero attached hydrogens (tertiary/aromatic N) is 4. The van der Waals surface area contributed by atoms with E-state index in [2.05, 4.69) is 35.2 Å². The summed E-state index contributed by atoms with van der Waals surface area (Å²) in [5.74, 6) is 0.541. The molecule has 7 nitrogen and oxygen atoms in total. The van der Waals surface area contributed by atoms with E-state index < -0.39 is 6.17 Å². The molecule has 1 atom stereocenters. The van der Waals surface area contributed by atoms with Gasteiger partial charge in [-0.2, -0.15) is 0 Å². The first-order chi connectivity index (χ1) is 14.6. The second-order valence-electron chi connectivity index (χ2n) is 6.88. The standard InChI is InChI=1S/C22H25N5O2S/c1-5-26(6-2)14-11-12-16(18(13-14)29-3)20-23-17-10-8-7-9-15(17)19-21(28)24-22(30-4)25-27(19)20/h7-13,20H,5-6H2,1-4H3,(H,24,25,28). The molecule has 1 N–H and O–H groups in total. The molecular formula is C22H25N5O2S. The molecule has 4 rings (SSSR count). The summed E-state index contributed by atoms with van der Waals surface area (Å²) in [6.07, 6.45) is 1.39. The first-order valence-electron chi connectivity index (χ1n) is 9.94. The molecule has 2 aliphatic rings. The van der Waals surface area contributed by atoms with Gasteiger partial charge in [-0.1, -0.05) is 30.0 Å². The minimum atomic E-state index is -0.496. The number of methoxy groups -OCH3 is 1. The topological polar surface area (TPSA) is 69.5 Å². The predicted molar refractivity (Wildman–Crippen MR) is 121 cm³/mol. The molecule has 0 fully saturated rings. The zero-order valence-corrected chi connectivity index (χ0v) is 18.4. The van der Waals surface area contributed by atoms with Gasteiger partial charge in [0.2, 0.25) is 0 Å². The third-order valence-electron chi connectivity index (χ3n) is 5.33. The zero-order chi connectivity index (χ0) is 21.3. The number of carbonyl (C=O) groups excluding carboxylic acids is 1. The van der Waals surface area contributed by atoms with Gasteiger partial charge in [0.05, 0.1) is 12.5 Å². The fourth-order valence-corrected chi connectivity index (χ4v) is 4.18. The van der Waals surface area contributed by atoms with Gasteiger partial charge in [0.1, 0.15) is 11.4 Å². The fourth-order valence-electron chi connectivity index (χ4n) is 3.82. The molecule has 0 bridgehead atoms. The van der Waals surface area contributed by atoms with Crippen LogP contribution in [0.1, 0.15) is 25.6 Å². The van der Waals surface area contributed by atoms with Gasteiger partial charge in [0, 0.05) is 35.6 Å². The maximum absolute atomic E-state index is 12.9. The number of hydrogen-bond acceptors (Lipinski definition) is 7. The van der Waals surface area contributed by atoms with E-state index in [0.717, 1.165) is 40.7 Å². The van der Waals surface area contributed by atoms with Crippen LogP contribution in [0, 0.1) is 0 Å². The lowest BCUT2D eigenvalue weighted by atomic mass is 10.1. The van der Waals surface area contributed by atoms with Crippen molar-refractivity contribution < 1.29 is 9.53 Å². The van der Waals surface area contributed by atoms with E-state index in [-0.39, 0.29) is 5.91 Å². The maximum atomic E-state index is 12.9. The number of para-hydroxylation sites is 1. The van der Waals surface area contributed by atoms with Gasteiger partial charge in [-0.25, -0.2) is 5.01 Å². The molecule has 0 saturated carbocycles. The van der Waals surface area contributed by atoms with E-state index in [1.165, 1.54) is 11.8 Å². The van der Waals surface area contributed by atoms with E-state index >= 15 is 0 Å².